The molecular weight excluding hydrogens is 406 g/mol. The van der Waals surface area contributed by atoms with Crippen LogP contribution in [0, 0.1) is 11.7 Å². The Kier molecular flexibility index (Phi) is 5.26. The highest BCUT2D eigenvalue weighted by molar-refractivity contribution is 6.35. The molecule has 3 amide bonds. The maximum absolute atomic E-state index is 13.2. The van der Waals surface area contributed by atoms with Gasteiger partial charge in [0.25, 0.3) is 0 Å². The Morgan fingerprint density at radius 2 is 1.89 bits per heavy atom. The molecule has 1 atom stereocenters. The Morgan fingerprint density at radius 1 is 1.21 bits per heavy atom. The quantitative estimate of drug-likeness (QED) is 0.581. The summed E-state index contributed by atoms with van der Waals surface area (Å²) in [5, 5.41) is 4.13. The van der Waals surface area contributed by atoms with E-state index in [2.05, 4.69) is 5.32 Å². The third-order valence-corrected chi connectivity index (χ3v) is 5.16. The monoisotopic (exact) mass is 421 g/mol. The lowest BCUT2D eigenvalue weighted by Gasteiger charge is -2.22. The first-order valence-corrected chi connectivity index (χ1v) is 8.84. The van der Waals surface area contributed by atoms with Gasteiger partial charge in [0.05, 0.1) is 10.9 Å². The van der Waals surface area contributed by atoms with Crippen LogP contribution in [0.5, 0.6) is 0 Å². The van der Waals surface area contributed by atoms with Crippen LogP contribution < -0.4 is 10.6 Å². The van der Waals surface area contributed by atoms with Gasteiger partial charge >= 0.3 is 18.0 Å². The minimum atomic E-state index is -4.62. The minimum Gasteiger partial charge on any atom is -0.334 e. The van der Waals surface area contributed by atoms with Crippen molar-refractivity contribution in [2.24, 2.45) is 5.92 Å². The average molecular weight is 422 g/mol. The molecule has 3 rings (SSSR count). The van der Waals surface area contributed by atoms with Gasteiger partial charge in [-0.3, -0.25) is 14.4 Å². The number of carbonyl (C=O) groups excluding carboxylic acids is 3. The largest absolute Gasteiger partial charge is 0.411 e. The first-order valence-electron chi connectivity index (χ1n) is 8.46. The van der Waals surface area contributed by atoms with Crippen molar-refractivity contribution in [3.05, 3.63) is 29.0 Å². The summed E-state index contributed by atoms with van der Waals surface area (Å²) in [7, 11) is 0. The van der Waals surface area contributed by atoms with E-state index >= 15 is 0 Å². The molecule has 1 saturated heterocycles. The van der Waals surface area contributed by atoms with Crippen LogP contribution in [0.25, 0.3) is 0 Å². The number of anilines is 1. The van der Waals surface area contributed by atoms with Crippen LogP contribution in [0.15, 0.2) is 18.2 Å². The Hall–Kier alpha value is -2.36. The molecule has 2 N–H and O–H groups in total. The number of alkyl halides is 3. The highest BCUT2D eigenvalue weighted by Gasteiger charge is 2.64. The second-order valence-corrected chi connectivity index (χ2v) is 7.30. The van der Waals surface area contributed by atoms with Crippen molar-refractivity contribution in [3.8, 4) is 0 Å². The number of benzene rings is 1. The van der Waals surface area contributed by atoms with Crippen LogP contribution in [0.1, 0.15) is 19.3 Å². The van der Waals surface area contributed by atoms with E-state index in [1.54, 1.807) is 5.32 Å². The zero-order valence-corrected chi connectivity index (χ0v) is 15.2. The maximum atomic E-state index is 13.2. The summed E-state index contributed by atoms with van der Waals surface area (Å²) in [5.74, 6) is -4.20. The number of rotatable bonds is 3. The molecule has 1 aliphatic carbocycles. The van der Waals surface area contributed by atoms with Crippen molar-refractivity contribution in [1.82, 2.24) is 10.2 Å². The third-order valence-electron chi connectivity index (χ3n) is 4.87. The Bertz CT molecular complexity index is 826. The van der Waals surface area contributed by atoms with Gasteiger partial charge in [-0.2, -0.15) is 13.2 Å². The molecule has 1 aliphatic heterocycles. The fourth-order valence-electron chi connectivity index (χ4n) is 3.00. The molecule has 152 valence electrons. The molecule has 1 heterocycles. The molecule has 2 aliphatic rings. The van der Waals surface area contributed by atoms with Gasteiger partial charge in [-0.25, -0.2) is 4.39 Å². The molecule has 0 unspecified atom stereocenters. The zero-order chi connectivity index (χ0) is 20.7. The fraction of sp³-hybridized carbons (Fsp3) is 0.471. The van der Waals surface area contributed by atoms with Crippen molar-refractivity contribution >= 4 is 35.0 Å². The van der Waals surface area contributed by atoms with E-state index in [9.17, 15) is 31.9 Å². The van der Waals surface area contributed by atoms with E-state index in [-0.39, 0.29) is 43.1 Å². The molecular formula is C17H16ClF4N3O3. The van der Waals surface area contributed by atoms with Gasteiger partial charge in [0.15, 0.2) is 0 Å². The van der Waals surface area contributed by atoms with Crippen molar-refractivity contribution in [2.45, 2.75) is 31.0 Å². The molecule has 6 nitrogen and oxygen atoms in total. The summed E-state index contributed by atoms with van der Waals surface area (Å²) in [4.78, 5) is 37.4. The second-order valence-electron chi connectivity index (χ2n) is 6.89. The fourth-order valence-corrected chi connectivity index (χ4v) is 3.18. The van der Waals surface area contributed by atoms with Crippen LogP contribution in [-0.2, 0) is 14.4 Å². The highest BCUT2D eigenvalue weighted by atomic mass is 35.5. The second kappa shape index (κ2) is 7.23. The van der Waals surface area contributed by atoms with E-state index in [0.29, 0.717) is 0 Å². The number of nitrogens with one attached hydrogen (secondary N) is 2. The lowest BCUT2D eigenvalue weighted by Crippen LogP contribution is -2.53. The van der Waals surface area contributed by atoms with Crippen molar-refractivity contribution < 1.29 is 31.9 Å². The Morgan fingerprint density at radius 3 is 2.46 bits per heavy atom. The summed E-state index contributed by atoms with van der Waals surface area (Å²) in [6, 6.07) is 3.63. The molecule has 1 aromatic rings. The van der Waals surface area contributed by atoms with Crippen LogP contribution in [0.2, 0.25) is 5.02 Å². The molecule has 0 aromatic heterocycles. The van der Waals surface area contributed by atoms with E-state index in [1.807, 2.05) is 0 Å². The number of likely N-dealkylation sites (tertiary alicyclic amines) is 1. The number of amides is 3. The van der Waals surface area contributed by atoms with Crippen LogP contribution in [0.3, 0.4) is 0 Å². The zero-order valence-electron chi connectivity index (χ0n) is 14.4. The van der Waals surface area contributed by atoms with Crippen LogP contribution in [0.4, 0.5) is 23.2 Å². The van der Waals surface area contributed by atoms with Crippen LogP contribution >= 0.6 is 11.6 Å². The van der Waals surface area contributed by atoms with Crippen molar-refractivity contribution in [3.63, 3.8) is 0 Å². The van der Waals surface area contributed by atoms with E-state index in [0.717, 1.165) is 11.0 Å². The molecule has 2 fully saturated rings. The van der Waals surface area contributed by atoms with Gasteiger partial charge in [0.2, 0.25) is 5.91 Å². The van der Waals surface area contributed by atoms with Gasteiger partial charge in [-0.15, -0.1) is 0 Å². The summed E-state index contributed by atoms with van der Waals surface area (Å²) >= 11 is 5.64. The summed E-state index contributed by atoms with van der Waals surface area (Å²) in [5.41, 5.74) is -2.06. The third kappa shape index (κ3) is 4.06. The summed E-state index contributed by atoms with van der Waals surface area (Å²) in [6.07, 6.45) is -4.90. The molecule has 0 bridgehead atoms. The summed E-state index contributed by atoms with van der Waals surface area (Å²) in [6.45, 7) is -0.0421. The van der Waals surface area contributed by atoms with Gasteiger partial charge < -0.3 is 15.5 Å². The Balaban J connectivity index is 1.55. The lowest BCUT2D eigenvalue weighted by molar-refractivity contribution is -0.172. The SMILES string of the molecule is O=C(NC1(C(F)(F)F)CC1)C(=O)N1CC[C@H](C(=O)Nc2ccc(F)c(Cl)c2)C1. The smallest absolute Gasteiger partial charge is 0.334 e. The van der Waals surface area contributed by atoms with E-state index in [4.69, 9.17) is 11.6 Å². The number of carbonyl (C=O) groups is 3. The molecule has 0 spiro atoms. The number of hydrogen-bond donors (Lipinski definition) is 2. The van der Waals surface area contributed by atoms with Crippen molar-refractivity contribution in [1.29, 1.82) is 0 Å². The van der Waals surface area contributed by atoms with Gasteiger partial charge in [0.1, 0.15) is 11.4 Å². The topological polar surface area (TPSA) is 78.5 Å². The molecule has 0 radical (unpaired) electrons. The number of hydrogen-bond acceptors (Lipinski definition) is 3. The summed E-state index contributed by atoms with van der Waals surface area (Å²) < 4.78 is 51.9. The number of halogens is 5. The first-order chi connectivity index (χ1) is 13.0. The Labute approximate surface area is 162 Å². The standard InChI is InChI=1S/C17H16ClF4N3O3/c18-11-7-10(1-2-12(11)19)23-13(26)9-3-6-25(8-9)15(28)14(27)24-16(4-5-16)17(20,21)22/h1-2,7,9H,3-6,8H2,(H,23,26)(H,24,27)/t9-/m0/s1. The lowest BCUT2D eigenvalue weighted by atomic mass is 10.1. The average Bonchev–Trinajstić information content (AvgIpc) is 3.24. The van der Waals surface area contributed by atoms with Gasteiger partial charge in [-0.05, 0) is 37.5 Å². The normalized spacial score (nSPS) is 20.6. The van der Waals surface area contributed by atoms with E-state index < -0.39 is 41.2 Å². The first kappa shape index (κ1) is 20.4. The van der Waals surface area contributed by atoms with Crippen LogP contribution in [-0.4, -0.2) is 47.4 Å². The van der Waals surface area contributed by atoms with Crippen molar-refractivity contribution in [2.75, 3.05) is 18.4 Å². The van der Waals surface area contributed by atoms with E-state index in [1.165, 1.54) is 12.1 Å². The predicted molar refractivity (Wildman–Crippen MR) is 90.9 cm³/mol. The van der Waals surface area contributed by atoms with Gasteiger partial charge in [-0.1, -0.05) is 11.6 Å². The minimum absolute atomic E-state index is 0.0630. The maximum Gasteiger partial charge on any atom is 0.411 e. The predicted octanol–water partition coefficient (Wildman–Crippen LogP) is 2.48. The highest BCUT2D eigenvalue weighted by Crippen LogP contribution is 2.48. The molecule has 1 saturated carbocycles. The molecule has 1 aromatic carbocycles. The van der Waals surface area contributed by atoms with Gasteiger partial charge in [0, 0.05) is 18.8 Å². The molecule has 28 heavy (non-hydrogen) atoms. The molecule has 11 heteroatoms. The number of nitrogens with zero attached hydrogens (tertiary/aromatic N) is 1.